The molecular formula is C15H20N4O2S. The van der Waals surface area contributed by atoms with Crippen molar-refractivity contribution in [1.29, 1.82) is 0 Å². The SMILES string of the molecule is CS(=O)(=O)N1CCCC1CCc1nncn1-c1ccccc1. The predicted molar refractivity (Wildman–Crippen MR) is 84.3 cm³/mol. The molecule has 0 N–H and O–H groups in total. The molecule has 1 saturated heterocycles. The number of nitrogens with zero attached hydrogens (tertiary/aromatic N) is 4. The summed E-state index contributed by atoms with van der Waals surface area (Å²) in [7, 11) is -3.11. The lowest BCUT2D eigenvalue weighted by atomic mass is 10.1. The minimum atomic E-state index is -3.11. The second-order valence-corrected chi connectivity index (χ2v) is 7.60. The van der Waals surface area contributed by atoms with Gasteiger partial charge in [-0.3, -0.25) is 4.57 Å². The quantitative estimate of drug-likeness (QED) is 0.839. The average Bonchev–Trinajstić information content (AvgIpc) is 3.14. The van der Waals surface area contributed by atoms with Gasteiger partial charge in [0.25, 0.3) is 0 Å². The Labute approximate surface area is 130 Å². The van der Waals surface area contributed by atoms with Gasteiger partial charge in [0, 0.05) is 24.7 Å². The third-order valence-electron chi connectivity index (χ3n) is 4.10. The van der Waals surface area contributed by atoms with Crippen LogP contribution < -0.4 is 0 Å². The Morgan fingerprint density at radius 1 is 1.27 bits per heavy atom. The first-order valence-electron chi connectivity index (χ1n) is 7.47. The Balaban J connectivity index is 1.72. The zero-order valence-corrected chi connectivity index (χ0v) is 13.4. The van der Waals surface area contributed by atoms with Crippen LogP contribution in [-0.2, 0) is 16.4 Å². The Kier molecular flexibility index (Phi) is 4.26. The molecule has 118 valence electrons. The van der Waals surface area contributed by atoms with Gasteiger partial charge < -0.3 is 0 Å². The zero-order valence-electron chi connectivity index (χ0n) is 12.6. The van der Waals surface area contributed by atoms with E-state index in [1.54, 1.807) is 10.6 Å². The van der Waals surface area contributed by atoms with Crippen molar-refractivity contribution in [2.75, 3.05) is 12.8 Å². The van der Waals surface area contributed by atoms with Crippen molar-refractivity contribution in [1.82, 2.24) is 19.1 Å². The molecule has 1 aliphatic heterocycles. The van der Waals surface area contributed by atoms with E-state index < -0.39 is 10.0 Å². The van der Waals surface area contributed by atoms with Gasteiger partial charge in [0.2, 0.25) is 10.0 Å². The van der Waals surface area contributed by atoms with Gasteiger partial charge >= 0.3 is 0 Å². The van der Waals surface area contributed by atoms with Crippen molar-refractivity contribution in [2.24, 2.45) is 0 Å². The molecule has 1 aromatic carbocycles. The molecule has 22 heavy (non-hydrogen) atoms. The monoisotopic (exact) mass is 320 g/mol. The first-order valence-corrected chi connectivity index (χ1v) is 9.31. The van der Waals surface area contributed by atoms with E-state index in [9.17, 15) is 8.42 Å². The van der Waals surface area contributed by atoms with Crippen LogP contribution in [-0.4, -0.2) is 46.3 Å². The van der Waals surface area contributed by atoms with Crippen LogP contribution in [0, 0.1) is 0 Å². The third kappa shape index (κ3) is 3.20. The maximum Gasteiger partial charge on any atom is 0.211 e. The smallest absolute Gasteiger partial charge is 0.211 e. The highest BCUT2D eigenvalue weighted by atomic mass is 32.2. The number of rotatable bonds is 5. The number of hydrogen-bond acceptors (Lipinski definition) is 4. The van der Waals surface area contributed by atoms with Gasteiger partial charge in [0.15, 0.2) is 0 Å². The van der Waals surface area contributed by atoms with Gasteiger partial charge in [0.05, 0.1) is 6.26 Å². The fraction of sp³-hybridized carbons (Fsp3) is 0.467. The maximum absolute atomic E-state index is 11.8. The first-order chi connectivity index (χ1) is 10.6. The van der Waals surface area contributed by atoms with Gasteiger partial charge in [-0.2, -0.15) is 4.31 Å². The lowest BCUT2D eigenvalue weighted by molar-refractivity contribution is 0.371. The summed E-state index contributed by atoms with van der Waals surface area (Å²) >= 11 is 0. The van der Waals surface area contributed by atoms with Crippen LogP contribution in [0.4, 0.5) is 0 Å². The molecule has 1 aliphatic rings. The van der Waals surface area contributed by atoms with Crippen LogP contribution >= 0.6 is 0 Å². The van der Waals surface area contributed by atoms with E-state index >= 15 is 0 Å². The summed E-state index contributed by atoms with van der Waals surface area (Å²) in [5.41, 5.74) is 1.02. The van der Waals surface area contributed by atoms with Crippen molar-refractivity contribution in [3.63, 3.8) is 0 Å². The third-order valence-corrected chi connectivity index (χ3v) is 5.44. The molecule has 7 heteroatoms. The van der Waals surface area contributed by atoms with Crippen LogP contribution in [0.15, 0.2) is 36.7 Å². The van der Waals surface area contributed by atoms with E-state index in [4.69, 9.17) is 0 Å². The highest BCUT2D eigenvalue weighted by Gasteiger charge is 2.31. The van der Waals surface area contributed by atoms with Crippen LogP contribution in [0.5, 0.6) is 0 Å². The maximum atomic E-state index is 11.8. The summed E-state index contributed by atoms with van der Waals surface area (Å²) < 4.78 is 27.2. The molecular weight excluding hydrogens is 300 g/mol. The molecule has 6 nitrogen and oxygen atoms in total. The van der Waals surface area contributed by atoms with Crippen LogP contribution in [0.25, 0.3) is 5.69 Å². The van der Waals surface area contributed by atoms with Gasteiger partial charge in [-0.25, -0.2) is 8.42 Å². The minimum Gasteiger partial charge on any atom is -0.286 e. The van der Waals surface area contributed by atoms with E-state index in [0.29, 0.717) is 13.0 Å². The molecule has 2 aromatic rings. The summed E-state index contributed by atoms with van der Waals surface area (Å²) in [5, 5.41) is 8.18. The Morgan fingerprint density at radius 3 is 2.77 bits per heavy atom. The van der Waals surface area contributed by atoms with Crippen molar-refractivity contribution in [3.05, 3.63) is 42.5 Å². The molecule has 1 atom stereocenters. The number of aromatic nitrogens is 3. The van der Waals surface area contributed by atoms with Gasteiger partial charge in [-0.15, -0.1) is 10.2 Å². The Hall–Kier alpha value is -1.73. The van der Waals surface area contributed by atoms with E-state index in [-0.39, 0.29) is 6.04 Å². The number of benzene rings is 1. The number of sulfonamides is 1. The fourth-order valence-electron chi connectivity index (χ4n) is 3.06. The molecule has 3 rings (SSSR count). The highest BCUT2D eigenvalue weighted by Crippen LogP contribution is 2.24. The van der Waals surface area contributed by atoms with Crippen molar-refractivity contribution in [2.45, 2.75) is 31.7 Å². The molecule has 0 bridgehead atoms. The molecule has 0 amide bonds. The van der Waals surface area contributed by atoms with Gasteiger partial charge in [-0.1, -0.05) is 18.2 Å². The largest absolute Gasteiger partial charge is 0.286 e. The summed E-state index contributed by atoms with van der Waals surface area (Å²) in [6.07, 6.45) is 6.34. The van der Waals surface area contributed by atoms with Gasteiger partial charge in [-0.05, 0) is 31.4 Å². The Bertz CT molecular complexity index is 727. The van der Waals surface area contributed by atoms with E-state index in [1.807, 2.05) is 34.9 Å². The molecule has 1 fully saturated rings. The molecule has 0 radical (unpaired) electrons. The summed E-state index contributed by atoms with van der Waals surface area (Å²) in [6, 6.07) is 10.0. The van der Waals surface area contributed by atoms with E-state index in [0.717, 1.165) is 30.8 Å². The van der Waals surface area contributed by atoms with Crippen molar-refractivity contribution < 1.29 is 8.42 Å². The highest BCUT2D eigenvalue weighted by molar-refractivity contribution is 7.88. The molecule has 2 heterocycles. The standard InChI is InChI=1S/C15H20N4O2S/c1-22(20,21)19-11-5-8-14(19)9-10-15-17-16-12-18(15)13-6-3-2-4-7-13/h2-4,6-7,12,14H,5,8-11H2,1H3. The molecule has 0 aliphatic carbocycles. The summed E-state index contributed by atoms with van der Waals surface area (Å²) in [5.74, 6) is 0.867. The second kappa shape index (κ2) is 6.18. The molecule has 1 aromatic heterocycles. The van der Waals surface area contributed by atoms with Gasteiger partial charge in [0.1, 0.15) is 12.2 Å². The zero-order chi connectivity index (χ0) is 15.6. The van der Waals surface area contributed by atoms with E-state index in [2.05, 4.69) is 10.2 Å². The van der Waals surface area contributed by atoms with Crippen molar-refractivity contribution in [3.8, 4) is 5.69 Å². The minimum absolute atomic E-state index is 0.0796. The Morgan fingerprint density at radius 2 is 2.05 bits per heavy atom. The van der Waals surface area contributed by atoms with Crippen molar-refractivity contribution >= 4 is 10.0 Å². The lowest BCUT2D eigenvalue weighted by Crippen LogP contribution is -2.35. The predicted octanol–water partition coefficient (Wildman–Crippen LogP) is 1.62. The molecule has 1 unspecified atom stereocenters. The number of aryl methyl sites for hydroxylation is 1. The summed E-state index contributed by atoms with van der Waals surface area (Å²) in [4.78, 5) is 0. The molecule has 0 spiro atoms. The van der Waals surface area contributed by atoms with Crippen LogP contribution in [0.3, 0.4) is 0 Å². The van der Waals surface area contributed by atoms with Crippen LogP contribution in [0.2, 0.25) is 0 Å². The van der Waals surface area contributed by atoms with E-state index in [1.165, 1.54) is 6.26 Å². The summed E-state index contributed by atoms with van der Waals surface area (Å²) in [6.45, 7) is 0.634. The fourth-order valence-corrected chi connectivity index (χ4v) is 4.28. The topological polar surface area (TPSA) is 68.1 Å². The normalized spacial score (nSPS) is 19.6. The lowest BCUT2D eigenvalue weighted by Gasteiger charge is -2.21. The second-order valence-electron chi connectivity index (χ2n) is 5.66. The average molecular weight is 320 g/mol. The molecule has 0 saturated carbocycles. The first kappa shape index (κ1) is 15.2. The number of hydrogen-bond donors (Lipinski definition) is 0. The van der Waals surface area contributed by atoms with Crippen LogP contribution in [0.1, 0.15) is 25.1 Å². The number of para-hydroxylation sites is 1.